The summed E-state index contributed by atoms with van der Waals surface area (Å²) in [7, 11) is 4.49. The zero-order valence-corrected chi connectivity index (χ0v) is 17.7. The number of para-hydroxylation sites is 1. The molecule has 0 saturated carbocycles. The van der Waals surface area contributed by atoms with E-state index in [1.807, 2.05) is 24.3 Å². The number of hydrogen-bond acceptors (Lipinski definition) is 8. The van der Waals surface area contributed by atoms with E-state index in [-0.39, 0.29) is 11.7 Å². The Labute approximate surface area is 176 Å². The summed E-state index contributed by atoms with van der Waals surface area (Å²) in [6, 6.07) is 12.4. The second kappa shape index (κ2) is 9.49. The molecule has 2 aromatic carbocycles. The van der Waals surface area contributed by atoms with Crippen molar-refractivity contribution in [3.05, 3.63) is 42.0 Å². The number of ether oxygens (including phenoxy) is 3. The summed E-state index contributed by atoms with van der Waals surface area (Å²) in [4.78, 5) is 16.9. The van der Waals surface area contributed by atoms with E-state index in [1.54, 1.807) is 12.1 Å². The third-order valence-electron chi connectivity index (χ3n) is 4.06. The van der Waals surface area contributed by atoms with Gasteiger partial charge in [0.25, 0.3) is 0 Å². The molecule has 0 aliphatic rings. The maximum Gasteiger partial charge on any atom is 0.231 e. The number of benzene rings is 2. The number of methoxy groups -OCH3 is 3. The molecule has 9 heteroatoms. The van der Waals surface area contributed by atoms with Crippen LogP contribution in [0.25, 0.3) is 10.2 Å². The van der Waals surface area contributed by atoms with Gasteiger partial charge in [0.1, 0.15) is 6.04 Å². The lowest BCUT2D eigenvalue weighted by Gasteiger charge is -2.17. The van der Waals surface area contributed by atoms with Crippen molar-refractivity contribution in [2.24, 2.45) is 0 Å². The lowest BCUT2D eigenvalue weighted by Crippen LogP contribution is -2.29. The van der Waals surface area contributed by atoms with Gasteiger partial charge in [-0.1, -0.05) is 23.9 Å². The van der Waals surface area contributed by atoms with Crippen LogP contribution in [0, 0.1) is 11.3 Å². The molecule has 1 unspecified atom stereocenters. The minimum absolute atomic E-state index is 0.155. The Hall–Kier alpha value is -2.96. The molecule has 1 aromatic heterocycles. The first-order chi connectivity index (χ1) is 14.1. The summed E-state index contributed by atoms with van der Waals surface area (Å²) in [5.41, 5.74) is 1.45. The largest absolute Gasteiger partial charge is 0.493 e. The summed E-state index contributed by atoms with van der Waals surface area (Å²) in [6.45, 7) is 0. The number of thiazole rings is 1. The Morgan fingerprint density at radius 2 is 1.90 bits per heavy atom. The normalized spacial score (nSPS) is 11.5. The van der Waals surface area contributed by atoms with Gasteiger partial charge in [-0.2, -0.15) is 5.26 Å². The van der Waals surface area contributed by atoms with Crippen molar-refractivity contribution in [3.63, 3.8) is 0 Å². The number of hydrogen-bond donors (Lipinski definition) is 1. The Morgan fingerprint density at radius 3 is 2.48 bits per heavy atom. The summed E-state index contributed by atoms with van der Waals surface area (Å²) in [6.07, 6.45) is 0. The van der Waals surface area contributed by atoms with Gasteiger partial charge in [-0.3, -0.25) is 4.79 Å². The third kappa shape index (κ3) is 4.72. The molecular formula is C20H19N3O4S2. The first-order valence-corrected chi connectivity index (χ1v) is 10.4. The maximum atomic E-state index is 12.4. The molecule has 1 heterocycles. The summed E-state index contributed by atoms with van der Waals surface area (Å²) in [5.74, 6) is 1.14. The van der Waals surface area contributed by atoms with E-state index in [0.29, 0.717) is 22.8 Å². The first-order valence-electron chi connectivity index (χ1n) is 8.56. The quantitative estimate of drug-likeness (QED) is 0.545. The van der Waals surface area contributed by atoms with Crippen LogP contribution >= 0.6 is 23.1 Å². The van der Waals surface area contributed by atoms with Crippen LogP contribution in [0.2, 0.25) is 0 Å². The Kier molecular flexibility index (Phi) is 6.80. The van der Waals surface area contributed by atoms with Gasteiger partial charge >= 0.3 is 0 Å². The van der Waals surface area contributed by atoms with E-state index >= 15 is 0 Å². The van der Waals surface area contributed by atoms with Crippen LogP contribution in [0.3, 0.4) is 0 Å². The highest BCUT2D eigenvalue weighted by molar-refractivity contribution is 8.01. The number of amides is 1. The van der Waals surface area contributed by atoms with E-state index < -0.39 is 6.04 Å². The van der Waals surface area contributed by atoms with Crippen molar-refractivity contribution in [1.82, 2.24) is 10.3 Å². The lowest BCUT2D eigenvalue weighted by molar-refractivity contribution is -0.118. The number of aromatic nitrogens is 1. The topological polar surface area (TPSA) is 93.5 Å². The third-order valence-corrected chi connectivity index (χ3v) is 6.24. The molecule has 1 amide bonds. The van der Waals surface area contributed by atoms with E-state index in [4.69, 9.17) is 14.2 Å². The van der Waals surface area contributed by atoms with Crippen molar-refractivity contribution in [2.45, 2.75) is 10.4 Å². The molecule has 7 nitrogen and oxygen atoms in total. The SMILES string of the molecule is COc1cc(C(C#N)NC(=O)CSc2nc3ccccc3s2)cc(OC)c1OC. The first kappa shape index (κ1) is 20.8. The molecule has 0 bridgehead atoms. The van der Waals surface area contributed by atoms with Crippen molar-refractivity contribution in [1.29, 1.82) is 5.26 Å². The average molecular weight is 430 g/mol. The summed E-state index contributed by atoms with van der Waals surface area (Å²) in [5, 5.41) is 12.3. The molecule has 0 aliphatic heterocycles. The fourth-order valence-electron chi connectivity index (χ4n) is 2.70. The Morgan fingerprint density at radius 1 is 1.21 bits per heavy atom. The number of carbonyl (C=O) groups excluding carboxylic acids is 1. The molecule has 29 heavy (non-hydrogen) atoms. The number of thioether (sulfide) groups is 1. The number of nitriles is 1. The monoisotopic (exact) mass is 429 g/mol. The fraction of sp³-hybridized carbons (Fsp3) is 0.250. The standard InChI is InChI=1S/C20H19N3O4S2/c1-25-15-8-12(9-16(26-2)19(15)27-3)14(10-21)22-18(24)11-28-20-23-13-6-4-5-7-17(13)29-20/h4-9,14H,11H2,1-3H3,(H,22,24). The predicted molar refractivity (Wildman–Crippen MR) is 113 cm³/mol. The van der Waals surface area contributed by atoms with E-state index in [0.717, 1.165) is 14.6 Å². The van der Waals surface area contributed by atoms with Gasteiger partial charge in [0, 0.05) is 0 Å². The molecule has 150 valence electrons. The minimum atomic E-state index is -0.854. The predicted octanol–water partition coefficient (Wildman–Crippen LogP) is 3.80. The van der Waals surface area contributed by atoms with Gasteiger partial charge in [-0.25, -0.2) is 4.98 Å². The summed E-state index contributed by atoms with van der Waals surface area (Å²) >= 11 is 2.87. The van der Waals surface area contributed by atoms with Gasteiger partial charge in [0.2, 0.25) is 11.7 Å². The van der Waals surface area contributed by atoms with Crippen LogP contribution < -0.4 is 19.5 Å². The molecule has 0 fully saturated rings. The second-order valence-corrected chi connectivity index (χ2v) is 8.08. The van der Waals surface area contributed by atoms with Crippen LogP contribution in [0.15, 0.2) is 40.7 Å². The van der Waals surface area contributed by atoms with E-state index in [1.165, 1.54) is 44.4 Å². The van der Waals surface area contributed by atoms with Gasteiger partial charge in [-0.15, -0.1) is 11.3 Å². The number of fused-ring (bicyclic) bond motifs is 1. The van der Waals surface area contributed by atoms with Gasteiger partial charge in [0.15, 0.2) is 15.8 Å². The zero-order valence-electron chi connectivity index (χ0n) is 16.1. The van der Waals surface area contributed by atoms with E-state index in [2.05, 4.69) is 16.4 Å². The van der Waals surface area contributed by atoms with Crippen LogP contribution in [-0.4, -0.2) is 38.0 Å². The Balaban J connectivity index is 1.70. The van der Waals surface area contributed by atoms with Gasteiger partial charge in [0.05, 0.1) is 43.4 Å². The number of nitrogens with one attached hydrogen (secondary N) is 1. The van der Waals surface area contributed by atoms with Crippen molar-refractivity contribution in [3.8, 4) is 23.3 Å². The molecule has 1 N–H and O–H groups in total. The smallest absolute Gasteiger partial charge is 0.231 e. The van der Waals surface area contributed by atoms with E-state index in [9.17, 15) is 10.1 Å². The van der Waals surface area contributed by atoms with Crippen LogP contribution in [0.5, 0.6) is 17.2 Å². The lowest BCUT2D eigenvalue weighted by atomic mass is 10.1. The molecule has 3 rings (SSSR count). The van der Waals surface area contributed by atoms with Crippen LogP contribution in [-0.2, 0) is 4.79 Å². The molecule has 1 atom stereocenters. The Bertz CT molecular complexity index is 1000. The molecule has 0 aliphatic carbocycles. The van der Waals surface area contributed by atoms with Crippen molar-refractivity contribution < 1.29 is 19.0 Å². The second-order valence-electron chi connectivity index (χ2n) is 5.82. The number of carbonyl (C=O) groups is 1. The molecule has 0 saturated heterocycles. The van der Waals surface area contributed by atoms with Crippen molar-refractivity contribution >= 4 is 39.2 Å². The highest BCUT2D eigenvalue weighted by Crippen LogP contribution is 2.39. The number of rotatable bonds is 8. The highest BCUT2D eigenvalue weighted by Gasteiger charge is 2.20. The summed E-state index contributed by atoms with van der Waals surface area (Å²) < 4.78 is 17.8. The molecule has 0 spiro atoms. The fourth-order valence-corrected chi connectivity index (χ4v) is 4.58. The minimum Gasteiger partial charge on any atom is -0.493 e. The zero-order chi connectivity index (χ0) is 20.8. The average Bonchev–Trinajstić information content (AvgIpc) is 3.18. The van der Waals surface area contributed by atoms with Crippen molar-refractivity contribution in [2.75, 3.05) is 27.1 Å². The molecule has 3 aromatic rings. The maximum absolute atomic E-state index is 12.4. The molecular weight excluding hydrogens is 410 g/mol. The highest BCUT2D eigenvalue weighted by atomic mass is 32.2. The number of nitrogens with zero attached hydrogens (tertiary/aromatic N) is 2. The van der Waals surface area contributed by atoms with Crippen LogP contribution in [0.1, 0.15) is 11.6 Å². The molecule has 0 radical (unpaired) electrons. The van der Waals surface area contributed by atoms with Gasteiger partial charge in [-0.05, 0) is 29.8 Å². The van der Waals surface area contributed by atoms with Crippen LogP contribution in [0.4, 0.5) is 0 Å². The van der Waals surface area contributed by atoms with Gasteiger partial charge < -0.3 is 19.5 Å².